The van der Waals surface area contributed by atoms with Gasteiger partial charge in [-0.1, -0.05) is 19.1 Å². The van der Waals surface area contributed by atoms with Gasteiger partial charge in [-0.2, -0.15) is 0 Å². The van der Waals surface area contributed by atoms with Gasteiger partial charge in [0, 0.05) is 12.5 Å². The van der Waals surface area contributed by atoms with Crippen LogP contribution in [0.25, 0.3) is 0 Å². The summed E-state index contributed by atoms with van der Waals surface area (Å²) in [6.07, 6.45) is 2.25. The first-order chi connectivity index (χ1) is 9.11. The monoisotopic (exact) mass is 263 g/mol. The lowest BCUT2D eigenvalue weighted by molar-refractivity contribution is -0.138. The minimum Gasteiger partial charge on any atom is -0.493 e. The van der Waals surface area contributed by atoms with Gasteiger partial charge in [0.2, 0.25) is 0 Å². The molecule has 2 rings (SSSR count). The van der Waals surface area contributed by atoms with E-state index in [9.17, 15) is 4.79 Å². The molecule has 4 nitrogen and oxygen atoms in total. The number of aliphatic carboxylic acids is 1. The van der Waals surface area contributed by atoms with Gasteiger partial charge < -0.3 is 15.2 Å². The summed E-state index contributed by atoms with van der Waals surface area (Å²) in [5, 5.41) is 12.1. The summed E-state index contributed by atoms with van der Waals surface area (Å²) < 4.78 is 5.60. The van der Waals surface area contributed by atoms with Gasteiger partial charge in [0.15, 0.2) is 0 Å². The number of carboxylic acid groups (broad SMARTS) is 1. The molecule has 2 atom stereocenters. The summed E-state index contributed by atoms with van der Waals surface area (Å²) in [5.41, 5.74) is 2.37. The highest BCUT2D eigenvalue weighted by Crippen LogP contribution is 2.31. The largest absolute Gasteiger partial charge is 0.493 e. The molecule has 0 fully saturated rings. The third-order valence-corrected chi connectivity index (χ3v) is 3.67. The Kier molecular flexibility index (Phi) is 4.43. The van der Waals surface area contributed by atoms with Crippen molar-refractivity contribution in [3.8, 4) is 5.75 Å². The van der Waals surface area contributed by atoms with Crippen LogP contribution in [0.2, 0.25) is 0 Å². The Morgan fingerprint density at radius 1 is 1.53 bits per heavy atom. The molecule has 104 valence electrons. The SMILES string of the molecule is CNC(c1ccc2c(c1)CCCO2)C(C)CC(=O)O. The number of nitrogens with one attached hydrogen (secondary N) is 1. The topological polar surface area (TPSA) is 58.6 Å². The Labute approximate surface area is 113 Å². The Hall–Kier alpha value is -1.55. The second kappa shape index (κ2) is 6.06. The standard InChI is InChI=1S/C15H21NO3/c1-10(8-14(17)18)15(16-2)12-5-6-13-11(9-12)4-3-7-19-13/h5-6,9-10,15-16H,3-4,7-8H2,1-2H3,(H,17,18). The minimum atomic E-state index is -0.756. The lowest BCUT2D eigenvalue weighted by Gasteiger charge is -2.25. The molecule has 0 aliphatic carbocycles. The van der Waals surface area contributed by atoms with Crippen molar-refractivity contribution >= 4 is 5.97 Å². The normalized spacial score (nSPS) is 17.2. The van der Waals surface area contributed by atoms with Crippen LogP contribution in [-0.2, 0) is 11.2 Å². The average Bonchev–Trinajstić information content (AvgIpc) is 2.38. The number of carbonyl (C=O) groups is 1. The third-order valence-electron chi connectivity index (χ3n) is 3.67. The van der Waals surface area contributed by atoms with Crippen molar-refractivity contribution in [2.45, 2.75) is 32.2 Å². The molecule has 1 heterocycles. The second-order valence-corrected chi connectivity index (χ2v) is 5.16. The molecule has 1 aromatic carbocycles. The molecule has 0 amide bonds. The lowest BCUT2D eigenvalue weighted by Crippen LogP contribution is -2.25. The maximum Gasteiger partial charge on any atom is 0.303 e. The first-order valence-electron chi connectivity index (χ1n) is 6.76. The number of hydrogen-bond donors (Lipinski definition) is 2. The van der Waals surface area contributed by atoms with Crippen LogP contribution in [0, 0.1) is 5.92 Å². The van der Waals surface area contributed by atoms with E-state index in [-0.39, 0.29) is 18.4 Å². The van der Waals surface area contributed by atoms with Crippen LogP contribution in [-0.4, -0.2) is 24.7 Å². The van der Waals surface area contributed by atoms with Gasteiger partial charge in [-0.05, 0) is 43.0 Å². The molecule has 1 aromatic rings. The lowest BCUT2D eigenvalue weighted by atomic mass is 9.90. The number of ether oxygens (including phenoxy) is 1. The number of fused-ring (bicyclic) bond motifs is 1. The molecular formula is C15H21NO3. The van der Waals surface area contributed by atoms with Gasteiger partial charge in [0.1, 0.15) is 5.75 Å². The van der Waals surface area contributed by atoms with E-state index in [1.807, 2.05) is 26.1 Å². The Balaban J connectivity index is 2.20. The average molecular weight is 263 g/mol. The third kappa shape index (κ3) is 3.26. The van der Waals surface area contributed by atoms with E-state index in [1.165, 1.54) is 5.56 Å². The highest BCUT2D eigenvalue weighted by molar-refractivity contribution is 5.67. The number of hydrogen-bond acceptors (Lipinski definition) is 3. The molecule has 4 heteroatoms. The van der Waals surface area contributed by atoms with Crippen LogP contribution < -0.4 is 10.1 Å². The van der Waals surface area contributed by atoms with Crippen LogP contribution >= 0.6 is 0 Å². The fourth-order valence-electron chi connectivity index (χ4n) is 2.75. The van der Waals surface area contributed by atoms with Crippen molar-refractivity contribution in [3.05, 3.63) is 29.3 Å². The van der Waals surface area contributed by atoms with Crippen LogP contribution in [0.4, 0.5) is 0 Å². The van der Waals surface area contributed by atoms with Crippen molar-refractivity contribution in [1.29, 1.82) is 0 Å². The van der Waals surface area contributed by atoms with Gasteiger partial charge in [-0.25, -0.2) is 0 Å². The maximum absolute atomic E-state index is 10.8. The zero-order valence-corrected chi connectivity index (χ0v) is 11.5. The first kappa shape index (κ1) is 13.9. The first-order valence-corrected chi connectivity index (χ1v) is 6.76. The second-order valence-electron chi connectivity index (χ2n) is 5.16. The van der Waals surface area contributed by atoms with E-state index < -0.39 is 5.97 Å². The number of carboxylic acids is 1. The van der Waals surface area contributed by atoms with Crippen molar-refractivity contribution in [1.82, 2.24) is 5.32 Å². The molecule has 0 saturated carbocycles. The molecule has 2 N–H and O–H groups in total. The summed E-state index contributed by atoms with van der Waals surface area (Å²) in [7, 11) is 1.87. The summed E-state index contributed by atoms with van der Waals surface area (Å²) >= 11 is 0. The van der Waals surface area contributed by atoms with Gasteiger partial charge in [-0.3, -0.25) is 4.79 Å². The molecular weight excluding hydrogens is 242 g/mol. The van der Waals surface area contributed by atoms with Crippen LogP contribution in [0.1, 0.15) is 36.9 Å². The Morgan fingerprint density at radius 3 is 3.00 bits per heavy atom. The van der Waals surface area contributed by atoms with Crippen LogP contribution in [0.5, 0.6) is 5.75 Å². The summed E-state index contributed by atoms with van der Waals surface area (Å²) in [5.74, 6) is 0.259. The van der Waals surface area contributed by atoms with E-state index in [2.05, 4.69) is 11.4 Å². The van der Waals surface area contributed by atoms with Crippen LogP contribution in [0.15, 0.2) is 18.2 Å². The summed E-state index contributed by atoms with van der Waals surface area (Å²) in [6, 6.07) is 6.24. The molecule has 0 saturated heterocycles. The zero-order chi connectivity index (χ0) is 13.8. The van der Waals surface area contributed by atoms with Gasteiger partial charge in [0.05, 0.1) is 6.61 Å². The van der Waals surface area contributed by atoms with E-state index in [0.717, 1.165) is 30.8 Å². The highest BCUT2D eigenvalue weighted by Gasteiger charge is 2.21. The summed E-state index contributed by atoms with van der Waals surface area (Å²) in [4.78, 5) is 10.8. The Morgan fingerprint density at radius 2 is 2.32 bits per heavy atom. The van der Waals surface area contributed by atoms with E-state index >= 15 is 0 Å². The molecule has 0 bridgehead atoms. The van der Waals surface area contributed by atoms with E-state index in [0.29, 0.717) is 0 Å². The van der Waals surface area contributed by atoms with Crippen molar-refractivity contribution < 1.29 is 14.6 Å². The molecule has 19 heavy (non-hydrogen) atoms. The quantitative estimate of drug-likeness (QED) is 0.856. The predicted molar refractivity (Wildman–Crippen MR) is 73.5 cm³/mol. The highest BCUT2D eigenvalue weighted by atomic mass is 16.5. The number of benzene rings is 1. The van der Waals surface area contributed by atoms with Crippen molar-refractivity contribution in [3.63, 3.8) is 0 Å². The van der Waals surface area contributed by atoms with Crippen LogP contribution in [0.3, 0.4) is 0 Å². The molecule has 0 spiro atoms. The molecule has 0 aromatic heterocycles. The van der Waals surface area contributed by atoms with E-state index in [4.69, 9.17) is 9.84 Å². The van der Waals surface area contributed by atoms with Crippen molar-refractivity contribution in [2.24, 2.45) is 5.92 Å². The van der Waals surface area contributed by atoms with Gasteiger partial charge in [-0.15, -0.1) is 0 Å². The summed E-state index contributed by atoms with van der Waals surface area (Å²) in [6.45, 7) is 2.75. The molecule has 1 aliphatic heterocycles. The smallest absolute Gasteiger partial charge is 0.303 e. The van der Waals surface area contributed by atoms with E-state index in [1.54, 1.807) is 0 Å². The number of rotatable bonds is 5. The molecule has 0 radical (unpaired) electrons. The molecule has 2 unspecified atom stereocenters. The fraction of sp³-hybridized carbons (Fsp3) is 0.533. The minimum absolute atomic E-state index is 0.0464. The van der Waals surface area contributed by atoms with Gasteiger partial charge >= 0.3 is 5.97 Å². The zero-order valence-electron chi connectivity index (χ0n) is 11.5. The van der Waals surface area contributed by atoms with Crippen molar-refractivity contribution in [2.75, 3.05) is 13.7 Å². The maximum atomic E-state index is 10.8. The number of aryl methyl sites for hydroxylation is 1. The molecule has 1 aliphatic rings. The Bertz CT molecular complexity index is 459. The van der Waals surface area contributed by atoms with Gasteiger partial charge in [0.25, 0.3) is 0 Å². The fourth-order valence-corrected chi connectivity index (χ4v) is 2.75. The predicted octanol–water partition coefficient (Wildman–Crippen LogP) is 2.38.